The van der Waals surface area contributed by atoms with Crippen LogP contribution in [0.4, 0.5) is 0 Å². The van der Waals surface area contributed by atoms with Crippen molar-refractivity contribution in [3.8, 4) is 5.75 Å². The van der Waals surface area contributed by atoms with E-state index >= 15 is 0 Å². The highest BCUT2D eigenvalue weighted by atomic mass is 35.5. The van der Waals surface area contributed by atoms with Crippen LogP contribution in [0, 0.1) is 17.8 Å². The van der Waals surface area contributed by atoms with Gasteiger partial charge in [0.2, 0.25) is 0 Å². The fourth-order valence-corrected chi connectivity index (χ4v) is 5.49. The third-order valence-electron chi connectivity index (χ3n) is 7.17. The van der Waals surface area contributed by atoms with Crippen LogP contribution in [-0.4, -0.2) is 62.9 Å². The number of carbonyl (C=O) groups excluding carboxylic acids is 1. The number of hydrogen-bond acceptors (Lipinski definition) is 7. The largest absolute Gasteiger partial charge is 0.481 e. The maximum atomic E-state index is 13.2. The van der Waals surface area contributed by atoms with Gasteiger partial charge in [-0.2, -0.15) is 0 Å². The summed E-state index contributed by atoms with van der Waals surface area (Å²) >= 11 is 6.19. The van der Waals surface area contributed by atoms with Gasteiger partial charge >= 0.3 is 11.9 Å². The van der Waals surface area contributed by atoms with Crippen LogP contribution < -0.4 is 4.74 Å². The molecular formula is C28H37ClO8. The second-order valence-corrected chi connectivity index (χ2v) is 10.4. The highest BCUT2D eigenvalue weighted by Gasteiger charge is 2.42. The Balaban J connectivity index is 1.71. The Morgan fingerprint density at radius 1 is 1.19 bits per heavy atom. The third kappa shape index (κ3) is 8.04. The lowest BCUT2D eigenvalue weighted by Crippen LogP contribution is -2.44. The van der Waals surface area contributed by atoms with Gasteiger partial charge in [0, 0.05) is 12.3 Å². The lowest BCUT2D eigenvalue weighted by atomic mass is 9.66. The summed E-state index contributed by atoms with van der Waals surface area (Å²) in [5, 5.41) is 40.0. The first-order valence-electron chi connectivity index (χ1n) is 12.9. The highest BCUT2D eigenvalue weighted by Crippen LogP contribution is 2.44. The molecule has 2 aliphatic rings. The second-order valence-electron chi connectivity index (χ2n) is 10.0. The molecule has 0 radical (unpaired) electrons. The second kappa shape index (κ2) is 13.4. The number of para-hydroxylation sites is 1. The summed E-state index contributed by atoms with van der Waals surface area (Å²) in [6.45, 7) is 3.88. The molecule has 2 aliphatic carbocycles. The van der Waals surface area contributed by atoms with Crippen LogP contribution in [0.25, 0.3) is 0 Å². The fraction of sp³-hybridized carbons (Fsp3) is 0.571. The number of rotatable bonds is 12. The van der Waals surface area contributed by atoms with Gasteiger partial charge in [-0.1, -0.05) is 55.8 Å². The molecule has 0 fully saturated rings. The first kappa shape index (κ1) is 29.2. The van der Waals surface area contributed by atoms with Crippen molar-refractivity contribution in [1.82, 2.24) is 0 Å². The van der Waals surface area contributed by atoms with Crippen molar-refractivity contribution in [3.63, 3.8) is 0 Å². The molecule has 0 saturated carbocycles. The van der Waals surface area contributed by atoms with Crippen LogP contribution in [0.15, 0.2) is 48.1 Å². The average Bonchev–Trinajstić information content (AvgIpc) is 2.82. The lowest BCUT2D eigenvalue weighted by Gasteiger charge is -2.43. The van der Waals surface area contributed by atoms with Crippen molar-refractivity contribution < 1.29 is 39.5 Å². The maximum Gasteiger partial charge on any atom is 0.347 e. The van der Waals surface area contributed by atoms with Gasteiger partial charge in [0.25, 0.3) is 0 Å². The minimum atomic E-state index is -1.12. The zero-order chi connectivity index (χ0) is 27.1. The molecule has 3 rings (SSSR count). The Labute approximate surface area is 222 Å². The minimum Gasteiger partial charge on any atom is -0.481 e. The van der Waals surface area contributed by atoms with Crippen LogP contribution >= 0.6 is 11.6 Å². The van der Waals surface area contributed by atoms with E-state index in [2.05, 4.69) is 6.92 Å². The van der Waals surface area contributed by atoms with E-state index in [0.717, 1.165) is 5.57 Å². The summed E-state index contributed by atoms with van der Waals surface area (Å²) in [7, 11) is 0. The molecule has 0 spiro atoms. The standard InChI is InChI=1S/C28H37ClO8/c1-3-23(36-24-7-5-4-6-22(24)29)28(35)37-25-14-19(31)12-17-9-8-16(2)21(27(17)25)11-10-18(30)13-20(32)15-26(33)34/h4-9,12,16,18-21,23,25,27,30-32H,3,10-11,13-15H2,1-2H3,(H,33,34)/t16-,18-,19-,20-,21+,23+,25+,27+/m1/s1. The van der Waals surface area contributed by atoms with Crippen LogP contribution in [-0.2, 0) is 14.3 Å². The topological polar surface area (TPSA) is 134 Å². The first-order chi connectivity index (χ1) is 17.6. The Hall–Kier alpha value is -2.39. The number of aliphatic hydroxyl groups excluding tert-OH is 3. The molecule has 37 heavy (non-hydrogen) atoms. The molecule has 9 heteroatoms. The summed E-state index contributed by atoms with van der Waals surface area (Å²) in [6, 6.07) is 6.90. The minimum absolute atomic E-state index is 0.0115. The number of halogens is 1. The summed E-state index contributed by atoms with van der Waals surface area (Å²) in [6.07, 6.45) is 2.73. The van der Waals surface area contributed by atoms with Gasteiger partial charge in [0.05, 0.1) is 29.8 Å². The molecule has 1 aromatic carbocycles. The molecule has 204 valence electrons. The molecule has 0 bridgehead atoms. The summed E-state index contributed by atoms with van der Waals surface area (Å²) in [4.78, 5) is 24.0. The van der Waals surface area contributed by atoms with E-state index in [1.54, 1.807) is 30.3 Å². The fourth-order valence-electron chi connectivity index (χ4n) is 5.31. The van der Waals surface area contributed by atoms with Crippen LogP contribution in [0.5, 0.6) is 5.75 Å². The normalized spacial score (nSPS) is 27.4. The van der Waals surface area contributed by atoms with Gasteiger partial charge in [-0.3, -0.25) is 4.79 Å². The number of aliphatic carboxylic acids is 1. The summed E-state index contributed by atoms with van der Waals surface area (Å²) < 4.78 is 11.8. The van der Waals surface area contributed by atoms with E-state index in [4.69, 9.17) is 26.2 Å². The Morgan fingerprint density at radius 2 is 1.92 bits per heavy atom. The number of aliphatic hydroxyl groups is 3. The SMILES string of the molecule is CC[C@H](Oc1ccccc1Cl)C(=O)O[C@H]1C[C@H](O)C=C2C=C[C@@H](C)[C@H](CC[C@@H](O)C[C@@H](O)CC(=O)O)[C@H]21. The van der Waals surface area contributed by atoms with Crippen LogP contribution in [0.2, 0.25) is 5.02 Å². The molecule has 0 unspecified atom stereocenters. The molecule has 0 aromatic heterocycles. The van der Waals surface area contributed by atoms with Crippen molar-refractivity contribution in [2.75, 3.05) is 0 Å². The highest BCUT2D eigenvalue weighted by molar-refractivity contribution is 6.32. The van der Waals surface area contributed by atoms with Gasteiger partial charge < -0.3 is 29.9 Å². The van der Waals surface area contributed by atoms with Crippen molar-refractivity contribution in [2.45, 2.75) is 82.9 Å². The maximum absolute atomic E-state index is 13.2. The molecule has 8 nitrogen and oxygen atoms in total. The molecule has 4 N–H and O–H groups in total. The smallest absolute Gasteiger partial charge is 0.347 e. The molecule has 0 amide bonds. The van der Waals surface area contributed by atoms with Crippen LogP contribution in [0.1, 0.15) is 52.4 Å². The number of esters is 1. The van der Waals surface area contributed by atoms with Crippen molar-refractivity contribution in [3.05, 3.63) is 53.1 Å². The van der Waals surface area contributed by atoms with E-state index in [1.165, 1.54) is 0 Å². The van der Waals surface area contributed by atoms with Crippen LogP contribution in [0.3, 0.4) is 0 Å². The molecule has 1 aromatic rings. The van der Waals surface area contributed by atoms with E-state index in [-0.39, 0.29) is 30.6 Å². The number of allylic oxidation sites excluding steroid dienone is 2. The number of carbonyl (C=O) groups is 2. The zero-order valence-electron chi connectivity index (χ0n) is 21.2. The average molecular weight is 537 g/mol. The number of benzene rings is 1. The van der Waals surface area contributed by atoms with Crippen molar-refractivity contribution in [2.24, 2.45) is 17.8 Å². The van der Waals surface area contributed by atoms with Gasteiger partial charge in [-0.15, -0.1) is 0 Å². The number of ether oxygens (including phenoxy) is 2. The van der Waals surface area contributed by atoms with E-state index in [1.807, 2.05) is 19.1 Å². The molecule has 8 atom stereocenters. The Morgan fingerprint density at radius 3 is 2.59 bits per heavy atom. The van der Waals surface area contributed by atoms with Crippen molar-refractivity contribution in [1.29, 1.82) is 0 Å². The number of carboxylic acids is 1. The van der Waals surface area contributed by atoms with E-state index < -0.39 is 48.9 Å². The molecule has 0 saturated heterocycles. The zero-order valence-corrected chi connectivity index (χ0v) is 22.0. The Bertz CT molecular complexity index is 992. The molecule has 0 heterocycles. The van der Waals surface area contributed by atoms with Gasteiger partial charge in [-0.25, -0.2) is 4.79 Å². The molecular weight excluding hydrogens is 500 g/mol. The predicted octanol–water partition coefficient (Wildman–Crippen LogP) is 3.91. The van der Waals surface area contributed by atoms with E-state index in [9.17, 15) is 24.9 Å². The van der Waals surface area contributed by atoms with Gasteiger partial charge in [-0.05, 0) is 55.2 Å². The Kier molecular flexibility index (Phi) is 10.6. The van der Waals surface area contributed by atoms with Gasteiger partial charge in [0.15, 0.2) is 6.10 Å². The number of fused-ring (bicyclic) bond motifs is 1. The van der Waals surface area contributed by atoms with Gasteiger partial charge in [0.1, 0.15) is 11.9 Å². The van der Waals surface area contributed by atoms with Crippen molar-refractivity contribution >= 4 is 23.5 Å². The quantitative estimate of drug-likeness (QED) is 0.295. The van der Waals surface area contributed by atoms with E-state index in [0.29, 0.717) is 30.0 Å². The lowest BCUT2D eigenvalue weighted by molar-refractivity contribution is -0.163. The summed E-state index contributed by atoms with van der Waals surface area (Å²) in [5.74, 6) is -1.30. The third-order valence-corrected chi connectivity index (χ3v) is 7.48. The molecule has 0 aliphatic heterocycles. The monoisotopic (exact) mass is 536 g/mol. The summed E-state index contributed by atoms with van der Waals surface area (Å²) in [5.41, 5.74) is 0.889. The predicted molar refractivity (Wildman–Crippen MR) is 138 cm³/mol. The number of carboxylic acid groups (broad SMARTS) is 1. The first-order valence-corrected chi connectivity index (χ1v) is 13.2. The number of hydrogen-bond donors (Lipinski definition) is 4.